The average molecular weight is 629 g/mol. The van der Waals surface area contributed by atoms with Gasteiger partial charge in [0.2, 0.25) is 0 Å². The summed E-state index contributed by atoms with van der Waals surface area (Å²) in [7, 11) is 0.471. The number of nitriles is 1. The molecule has 1 heterocycles. The summed E-state index contributed by atoms with van der Waals surface area (Å²) in [5, 5.41) is 10.6. The maximum absolute atomic E-state index is 13.1. The van der Waals surface area contributed by atoms with Gasteiger partial charge in [0.1, 0.15) is 22.9 Å². The van der Waals surface area contributed by atoms with E-state index in [9.17, 15) is 14.3 Å². The highest BCUT2D eigenvalue weighted by molar-refractivity contribution is 8.00. The third kappa shape index (κ3) is 9.78. The Hall–Kier alpha value is -3.97. The number of hydrogen-bond acceptors (Lipinski definition) is 8. The SMILES string of the molecule is CCCCS(=O)CC(COCc1ccccc1)OC(=O)CSc1nc(-c2ccc(OC)cc2)cc(-c2ccccc2)c1C#N. The van der Waals surface area contributed by atoms with E-state index in [1.54, 1.807) is 7.11 Å². The van der Waals surface area contributed by atoms with E-state index in [2.05, 4.69) is 6.07 Å². The number of pyridine rings is 1. The maximum atomic E-state index is 13.1. The van der Waals surface area contributed by atoms with Crippen LogP contribution in [-0.4, -0.2) is 52.2 Å². The zero-order valence-electron chi connectivity index (χ0n) is 24.9. The highest BCUT2D eigenvalue weighted by Crippen LogP contribution is 2.34. The Kier molecular flexibility index (Phi) is 13.0. The molecule has 1 aromatic heterocycles. The smallest absolute Gasteiger partial charge is 0.316 e. The van der Waals surface area contributed by atoms with Crippen LogP contribution in [0.2, 0.25) is 0 Å². The van der Waals surface area contributed by atoms with E-state index < -0.39 is 22.9 Å². The number of rotatable bonds is 16. The fourth-order valence-corrected chi connectivity index (χ4v) is 6.57. The van der Waals surface area contributed by atoms with Crippen LogP contribution in [0.5, 0.6) is 5.75 Å². The van der Waals surface area contributed by atoms with Crippen molar-refractivity contribution in [2.75, 3.05) is 31.0 Å². The van der Waals surface area contributed by atoms with Crippen molar-refractivity contribution in [3.63, 3.8) is 0 Å². The van der Waals surface area contributed by atoms with Gasteiger partial charge in [-0.2, -0.15) is 5.26 Å². The van der Waals surface area contributed by atoms with Crippen molar-refractivity contribution in [1.29, 1.82) is 5.26 Å². The lowest BCUT2D eigenvalue weighted by Gasteiger charge is -2.18. The summed E-state index contributed by atoms with van der Waals surface area (Å²) in [6, 6.07) is 31.1. The molecule has 228 valence electrons. The highest BCUT2D eigenvalue weighted by Gasteiger charge is 2.21. The van der Waals surface area contributed by atoms with E-state index in [1.165, 1.54) is 0 Å². The van der Waals surface area contributed by atoms with Gasteiger partial charge in [0.15, 0.2) is 0 Å². The molecule has 0 amide bonds. The van der Waals surface area contributed by atoms with Crippen molar-refractivity contribution >= 4 is 28.5 Å². The molecule has 0 bridgehead atoms. The topological polar surface area (TPSA) is 98.5 Å². The van der Waals surface area contributed by atoms with E-state index in [4.69, 9.17) is 19.2 Å². The molecule has 0 aliphatic rings. The minimum absolute atomic E-state index is 0.0707. The number of hydrogen-bond donors (Lipinski definition) is 0. The first-order valence-corrected chi connectivity index (χ1v) is 16.9. The van der Waals surface area contributed by atoms with Crippen LogP contribution in [0, 0.1) is 11.3 Å². The summed E-state index contributed by atoms with van der Waals surface area (Å²) >= 11 is 1.15. The Bertz CT molecular complexity index is 1560. The Balaban J connectivity index is 1.52. The van der Waals surface area contributed by atoms with Gasteiger partial charge >= 0.3 is 5.97 Å². The second kappa shape index (κ2) is 17.4. The number of carbonyl (C=O) groups is 1. The van der Waals surface area contributed by atoms with Gasteiger partial charge in [-0.15, -0.1) is 0 Å². The molecule has 3 aromatic carbocycles. The van der Waals surface area contributed by atoms with Crippen LogP contribution in [0.3, 0.4) is 0 Å². The summed E-state index contributed by atoms with van der Waals surface area (Å²) < 4.78 is 29.6. The molecule has 7 nitrogen and oxygen atoms in total. The first-order valence-electron chi connectivity index (χ1n) is 14.4. The summed E-state index contributed by atoms with van der Waals surface area (Å²) in [5.74, 6) is 0.920. The van der Waals surface area contributed by atoms with E-state index in [0.717, 1.165) is 52.6 Å². The van der Waals surface area contributed by atoms with Crippen LogP contribution >= 0.6 is 11.8 Å². The number of esters is 1. The van der Waals surface area contributed by atoms with Gasteiger partial charge in [-0.1, -0.05) is 85.8 Å². The van der Waals surface area contributed by atoms with Gasteiger partial charge in [-0.05, 0) is 47.9 Å². The lowest BCUT2D eigenvalue weighted by atomic mass is 9.99. The first kappa shape index (κ1) is 32.9. The maximum Gasteiger partial charge on any atom is 0.316 e. The zero-order chi connectivity index (χ0) is 31.1. The molecule has 0 N–H and O–H groups in total. The standard InChI is InChI=1S/C35H36N2O5S2/c1-3-4-19-44(39)25-30(23-41-22-26-11-7-5-8-12-26)42-34(38)24-43-35-32(21-36)31(27-13-9-6-10-14-27)20-33(37-35)28-15-17-29(40-2)18-16-28/h5-18,20,30H,3-4,19,22-25H2,1-2H3. The summed E-state index contributed by atoms with van der Waals surface area (Å²) in [6.07, 6.45) is 1.12. The molecular formula is C35H36N2O5S2. The van der Waals surface area contributed by atoms with Gasteiger partial charge in [0.05, 0.1) is 43.1 Å². The molecule has 9 heteroatoms. The Morgan fingerprint density at radius 2 is 1.70 bits per heavy atom. The molecule has 4 rings (SSSR count). The predicted octanol–water partition coefficient (Wildman–Crippen LogP) is 7.07. The number of nitrogens with zero attached hydrogens (tertiary/aromatic N) is 2. The van der Waals surface area contributed by atoms with Crippen molar-refractivity contribution in [3.8, 4) is 34.2 Å². The van der Waals surface area contributed by atoms with Crippen molar-refractivity contribution in [1.82, 2.24) is 4.98 Å². The Morgan fingerprint density at radius 3 is 2.36 bits per heavy atom. The van der Waals surface area contributed by atoms with E-state index in [1.807, 2.05) is 97.9 Å². The van der Waals surface area contributed by atoms with Gasteiger partial charge < -0.3 is 14.2 Å². The molecule has 2 atom stereocenters. The molecule has 0 radical (unpaired) electrons. The second-order valence-corrected chi connectivity index (χ2v) is 12.6. The number of benzene rings is 3. The molecule has 0 aliphatic heterocycles. The third-order valence-electron chi connectivity index (χ3n) is 6.71. The van der Waals surface area contributed by atoms with Crippen molar-refractivity contribution < 1.29 is 23.2 Å². The number of unbranched alkanes of at least 4 members (excludes halogenated alkanes) is 1. The van der Waals surface area contributed by atoms with Gasteiger partial charge in [0.25, 0.3) is 0 Å². The van der Waals surface area contributed by atoms with Crippen LogP contribution in [0.15, 0.2) is 96.0 Å². The molecule has 4 aromatic rings. The number of thioether (sulfide) groups is 1. The summed E-state index contributed by atoms with van der Waals surface area (Å²) in [6.45, 7) is 2.54. The first-order chi connectivity index (χ1) is 21.5. The van der Waals surface area contributed by atoms with E-state index >= 15 is 0 Å². The van der Waals surface area contributed by atoms with Crippen molar-refractivity contribution in [2.45, 2.75) is 37.5 Å². The zero-order valence-corrected chi connectivity index (χ0v) is 26.6. The summed E-state index contributed by atoms with van der Waals surface area (Å²) in [4.78, 5) is 17.9. The summed E-state index contributed by atoms with van der Waals surface area (Å²) in [5.41, 5.74) is 4.50. The fourth-order valence-electron chi connectivity index (χ4n) is 4.43. The van der Waals surface area contributed by atoms with E-state index in [-0.39, 0.29) is 18.1 Å². The molecular weight excluding hydrogens is 593 g/mol. The number of ether oxygens (including phenoxy) is 3. The monoisotopic (exact) mass is 628 g/mol. The predicted molar refractivity (Wildman–Crippen MR) is 176 cm³/mol. The molecule has 0 spiro atoms. The van der Waals surface area contributed by atoms with Crippen LogP contribution in [0.1, 0.15) is 30.9 Å². The molecule has 0 saturated carbocycles. The third-order valence-corrected chi connectivity index (χ3v) is 9.14. The second-order valence-electron chi connectivity index (χ2n) is 10.0. The molecule has 0 aliphatic carbocycles. The number of carbonyl (C=O) groups excluding carboxylic acids is 1. The Morgan fingerprint density at radius 1 is 1.00 bits per heavy atom. The number of aromatic nitrogens is 1. The fraction of sp³-hybridized carbons (Fsp3) is 0.286. The van der Waals surface area contributed by atoms with Crippen LogP contribution in [-0.2, 0) is 31.7 Å². The Labute approximate surface area is 266 Å². The molecule has 0 fully saturated rings. The van der Waals surface area contributed by atoms with Gasteiger partial charge in [-0.3, -0.25) is 9.00 Å². The van der Waals surface area contributed by atoms with Gasteiger partial charge in [0, 0.05) is 27.7 Å². The highest BCUT2D eigenvalue weighted by atomic mass is 32.2. The van der Waals surface area contributed by atoms with E-state index in [0.29, 0.717) is 28.6 Å². The average Bonchev–Trinajstić information content (AvgIpc) is 3.06. The van der Waals surface area contributed by atoms with Crippen molar-refractivity contribution in [3.05, 3.63) is 102 Å². The number of methoxy groups -OCH3 is 1. The minimum Gasteiger partial charge on any atom is -0.497 e. The lowest BCUT2D eigenvalue weighted by Crippen LogP contribution is -2.30. The minimum atomic E-state index is -1.14. The normalized spacial score (nSPS) is 12.2. The molecule has 2 unspecified atom stereocenters. The largest absolute Gasteiger partial charge is 0.497 e. The lowest BCUT2D eigenvalue weighted by molar-refractivity contribution is -0.147. The van der Waals surface area contributed by atoms with Crippen LogP contribution in [0.25, 0.3) is 22.4 Å². The van der Waals surface area contributed by atoms with Crippen LogP contribution in [0.4, 0.5) is 0 Å². The van der Waals surface area contributed by atoms with Crippen LogP contribution < -0.4 is 4.74 Å². The van der Waals surface area contributed by atoms with Gasteiger partial charge in [-0.25, -0.2) is 4.98 Å². The quantitative estimate of drug-likeness (QED) is 0.0961. The molecule has 44 heavy (non-hydrogen) atoms. The van der Waals surface area contributed by atoms with Crippen molar-refractivity contribution in [2.24, 2.45) is 0 Å². The molecule has 0 saturated heterocycles.